The molecule has 1 aromatic heterocycles. The Balaban J connectivity index is 2.26. The second-order valence-electron chi connectivity index (χ2n) is 4.31. The zero-order valence-corrected chi connectivity index (χ0v) is 15.1. The van der Waals surface area contributed by atoms with E-state index in [1.165, 1.54) is 0 Å². The normalized spacial score (nSPS) is 10.5. The minimum absolute atomic E-state index is 0.310. The standard InChI is InChI=1S/C14H15Br2N3O2/c1-8-9(6-17-2)7-18-14(19-8)21-13-5-10(15)12(20-3)4-11(13)16/h4-5,7,17H,6H2,1-3H3. The molecule has 0 saturated heterocycles. The van der Waals surface area contributed by atoms with Gasteiger partial charge in [-0.2, -0.15) is 4.98 Å². The molecule has 1 N–H and O–H groups in total. The molecule has 1 heterocycles. The third-order valence-corrected chi connectivity index (χ3v) is 4.07. The lowest BCUT2D eigenvalue weighted by Crippen LogP contribution is -2.08. The molecule has 0 aliphatic heterocycles. The van der Waals surface area contributed by atoms with E-state index in [2.05, 4.69) is 47.1 Å². The molecule has 0 spiro atoms. The van der Waals surface area contributed by atoms with Gasteiger partial charge in [-0.05, 0) is 51.9 Å². The van der Waals surface area contributed by atoms with Crippen molar-refractivity contribution in [2.24, 2.45) is 0 Å². The van der Waals surface area contributed by atoms with Crippen molar-refractivity contribution in [3.63, 3.8) is 0 Å². The zero-order valence-electron chi connectivity index (χ0n) is 11.9. The van der Waals surface area contributed by atoms with Gasteiger partial charge in [0.1, 0.15) is 11.5 Å². The molecule has 0 aliphatic rings. The summed E-state index contributed by atoms with van der Waals surface area (Å²) in [5.74, 6) is 1.33. The number of methoxy groups -OCH3 is 1. The van der Waals surface area contributed by atoms with Gasteiger partial charge in [0.15, 0.2) is 0 Å². The molecule has 112 valence electrons. The van der Waals surface area contributed by atoms with E-state index in [0.29, 0.717) is 11.8 Å². The van der Waals surface area contributed by atoms with Gasteiger partial charge in [0.25, 0.3) is 0 Å². The van der Waals surface area contributed by atoms with Gasteiger partial charge >= 0.3 is 6.01 Å². The molecule has 2 aromatic rings. The van der Waals surface area contributed by atoms with Crippen LogP contribution in [0.25, 0.3) is 0 Å². The van der Waals surface area contributed by atoms with Crippen LogP contribution in [0.1, 0.15) is 11.3 Å². The van der Waals surface area contributed by atoms with Crippen LogP contribution in [-0.2, 0) is 6.54 Å². The predicted octanol–water partition coefficient (Wildman–Crippen LogP) is 3.83. The van der Waals surface area contributed by atoms with Crippen LogP contribution in [0.2, 0.25) is 0 Å². The first-order chi connectivity index (χ1) is 10.0. The highest BCUT2D eigenvalue weighted by atomic mass is 79.9. The van der Waals surface area contributed by atoms with Gasteiger partial charge in [0.2, 0.25) is 0 Å². The summed E-state index contributed by atoms with van der Waals surface area (Å²) in [7, 11) is 3.50. The molecule has 0 unspecified atom stereocenters. The maximum Gasteiger partial charge on any atom is 0.322 e. The van der Waals surface area contributed by atoms with Crippen molar-refractivity contribution in [3.8, 4) is 17.5 Å². The number of rotatable bonds is 5. The Morgan fingerprint density at radius 2 is 1.86 bits per heavy atom. The second kappa shape index (κ2) is 7.20. The Morgan fingerprint density at radius 3 is 2.48 bits per heavy atom. The van der Waals surface area contributed by atoms with Crippen molar-refractivity contribution in [1.29, 1.82) is 0 Å². The SMILES string of the molecule is CNCc1cnc(Oc2cc(Br)c(OC)cc2Br)nc1C. The first kappa shape index (κ1) is 16.2. The number of nitrogens with zero attached hydrogens (tertiary/aromatic N) is 2. The molecule has 0 aliphatic carbocycles. The molecular formula is C14H15Br2N3O2. The Morgan fingerprint density at radius 1 is 1.19 bits per heavy atom. The minimum atomic E-state index is 0.310. The molecule has 7 heteroatoms. The summed E-state index contributed by atoms with van der Waals surface area (Å²) >= 11 is 6.87. The average Bonchev–Trinajstić information content (AvgIpc) is 2.45. The fourth-order valence-corrected chi connectivity index (χ4v) is 2.61. The van der Waals surface area contributed by atoms with Gasteiger partial charge < -0.3 is 14.8 Å². The lowest BCUT2D eigenvalue weighted by Gasteiger charge is -2.11. The Hall–Kier alpha value is -1.18. The van der Waals surface area contributed by atoms with E-state index in [-0.39, 0.29) is 0 Å². The summed E-state index contributed by atoms with van der Waals surface area (Å²) in [5.41, 5.74) is 1.93. The van der Waals surface area contributed by atoms with Crippen LogP contribution in [0.3, 0.4) is 0 Å². The van der Waals surface area contributed by atoms with Gasteiger partial charge in [0.05, 0.1) is 16.1 Å². The summed E-state index contributed by atoms with van der Waals surface area (Å²) in [6.07, 6.45) is 1.76. The third-order valence-electron chi connectivity index (χ3n) is 2.83. The molecule has 0 atom stereocenters. The lowest BCUT2D eigenvalue weighted by atomic mass is 10.2. The van der Waals surface area contributed by atoms with Crippen LogP contribution in [-0.4, -0.2) is 24.1 Å². The fraction of sp³-hybridized carbons (Fsp3) is 0.286. The van der Waals surface area contributed by atoms with Gasteiger partial charge in [-0.1, -0.05) is 0 Å². The maximum absolute atomic E-state index is 5.73. The number of aryl methyl sites for hydroxylation is 1. The molecule has 5 nitrogen and oxygen atoms in total. The first-order valence-corrected chi connectivity index (χ1v) is 7.81. The topological polar surface area (TPSA) is 56.3 Å². The van der Waals surface area contributed by atoms with Crippen LogP contribution >= 0.6 is 31.9 Å². The van der Waals surface area contributed by atoms with E-state index in [0.717, 1.165) is 32.5 Å². The van der Waals surface area contributed by atoms with Crippen LogP contribution in [0.15, 0.2) is 27.3 Å². The van der Waals surface area contributed by atoms with Crippen molar-refractivity contribution in [2.45, 2.75) is 13.5 Å². The van der Waals surface area contributed by atoms with Crippen molar-refractivity contribution < 1.29 is 9.47 Å². The Kier molecular flexibility index (Phi) is 5.55. The maximum atomic E-state index is 5.73. The highest BCUT2D eigenvalue weighted by Crippen LogP contribution is 2.37. The van der Waals surface area contributed by atoms with Crippen molar-refractivity contribution in [1.82, 2.24) is 15.3 Å². The van der Waals surface area contributed by atoms with Crippen molar-refractivity contribution >= 4 is 31.9 Å². The summed E-state index contributed by atoms with van der Waals surface area (Å²) in [4.78, 5) is 8.59. The van der Waals surface area contributed by atoms with Crippen LogP contribution < -0.4 is 14.8 Å². The van der Waals surface area contributed by atoms with Crippen LogP contribution in [0.5, 0.6) is 17.5 Å². The van der Waals surface area contributed by atoms with Crippen LogP contribution in [0, 0.1) is 6.92 Å². The number of benzene rings is 1. The van der Waals surface area contributed by atoms with Crippen molar-refractivity contribution in [2.75, 3.05) is 14.2 Å². The van der Waals surface area contributed by atoms with E-state index in [1.54, 1.807) is 13.3 Å². The van der Waals surface area contributed by atoms with Crippen LogP contribution in [0.4, 0.5) is 0 Å². The molecular weight excluding hydrogens is 402 g/mol. The molecule has 1 aromatic carbocycles. The minimum Gasteiger partial charge on any atom is -0.496 e. The van der Waals surface area contributed by atoms with E-state index < -0.39 is 0 Å². The van der Waals surface area contributed by atoms with Gasteiger partial charge in [-0.3, -0.25) is 0 Å². The smallest absolute Gasteiger partial charge is 0.322 e. The molecule has 2 rings (SSSR count). The highest BCUT2D eigenvalue weighted by molar-refractivity contribution is 9.11. The molecule has 0 saturated carbocycles. The second-order valence-corrected chi connectivity index (χ2v) is 6.02. The molecule has 0 bridgehead atoms. The summed E-state index contributed by atoms with van der Waals surface area (Å²) in [6, 6.07) is 3.94. The molecule has 0 radical (unpaired) electrons. The van der Waals surface area contributed by atoms with E-state index >= 15 is 0 Å². The average molecular weight is 417 g/mol. The molecule has 0 amide bonds. The van der Waals surface area contributed by atoms with E-state index in [9.17, 15) is 0 Å². The summed E-state index contributed by atoms with van der Waals surface area (Å²) in [5, 5.41) is 3.07. The Labute approximate surface area is 140 Å². The summed E-state index contributed by atoms with van der Waals surface area (Å²) in [6.45, 7) is 2.66. The monoisotopic (exact) mass is 415 g/mol. The molecule has 0 fully saturated rings. The van der Waals surface area contributed by atoms with E-state index in [1.807, 2.05) is 26.1 Å². The Bertz CT molecular complexity index is 650. The predicted molar refractivity (Wildman–Crippen MR) is 88.0 cm³/mol. The number of ether oxygens (including phenoxy) is 2. The number of nitrogens with one attached hydrogen (secondary N) is 1. The molecule has 21 heavy (non-hydrogen) atoms. The van der Waals surface area contributed by atoms with Gasteiger partial charge in [-0.15, -0.1) is 0 Å². The largest absolute Gasteiger partial charge is 0.496 e. The quantitative estimate of drug-likeness (QED) is 0.802. The highest BCUT2D eigenvalue weighted by Gasteiger charge is 2.11. The number of hydrogen-bond donors (Lipinski definition) is 1. The van der Waals surface area contributed by atoms with Gasteiger partial charge in [-0.25, -0.2) is 4.98 Å². The fourth-order valence-electron chi connectivity index (χ4n) is 1.73. The third kappa shape index (κ3) is 3.93. The zero-order chi connectivity index (χ0) is 15.4. The summed E-state index contributed by atoms with van der Waals surface area (Å²) < 4.78 is 12.5. The number of aromatic nitrogens is 2. The van der Waals surface area contributed by atoms with E-state index in [4.69, 9.17) is 9.47 Å². The first-order valence-electron chi connectivity index (χ1n) is 6.23. The number of hydrogen-bond acceptors (Lipinski definition) is 5. The van der Waals surface area contributed by atoms with Gasteiger partial charge in [0, 0.05) is 30.1 Å². The number of halogens is 2. The lowest BCUT2D eigenvalue weighted by molar-refractivity contribution is 0.406. The van der Waals surface area contributed by atoms with Crippen molar-refractivity contribution in [3.05, 3.63) is 38.5 Å².